The molecule has 0 aromatic rings. The average Bonchev–Trinajstić information content (AvgIpc) is 2.74. The smallest absolute Gasteiger partial charge is 0.192 e. The number of hydrogen-bond acceptors (Lipinski definition) is 2. The van der Waals surface area contributed by atoms with Gasteiger partial charge in [0.2, 0.25) is 0 Å². The van der Waals surface area contributed by atoms with Gasteiger partial charge in [-0.15, -0.1) is 0 Å². The topological polar surface area (TPSA) is 18.5 Å². The van der Waals surface area contributed by atoms with Crippen molar-refractivity contribution < 1.29 is 9.16 Å². The summed E-state index contributed by atoms with van der Waals surface area (Å²) < 4.78 is 12.6. The maximum Gasteiger partial charge on any atom is 0.192 e. The van der Waals surface area contributed by atoms with E-state index >= 15 is 0 Å². The van der Waals surface area contributed by atoms with E-state index in [0.29, 0.717) is 0 Å². The molecule has 1 spiro atoms. The van der Waals surface area contributed by atoms with Crippen LogP contribution in [-0.2, 0) is 9.16 Å². The quantitative estimate of drug-likeness (QED) is 0.543. The predicted molar refractivity (Wildman–Crippen MR) is 78.6 cm³/mol. The first-order valence-electron chi connectivity index (χ1n) is 7.16. The third kappa shape index (κ3) is 2.65. The SMILES string of the molecule is CC(C)(C)[Si](C)(C)O[C@H]1CCC[C@]12CCC(Cl)O2. The summed E-state index contributed by atoms with van der Waals surface area (Å²) >= 11 is 6.14. The molecule has 0 aromatic carbocycles. The minimum atomic E-state index is -1.71. The minimum Gasteiger partial charge on any atom is -0.411 e. The molecule has 2 nitrogen and oxygen atoms in total. The summed E-state index contributed by atoms with van der Waals surface area (Å²) in [5.74, 6) is 0. The van der Waals surface area contributed by atoms with E-state index in [1.165, 1.54) is 6.42 Å². The Hall–Kier alpha value is 0.427. The van der Waals surface area contributed by atoms with Crippen molar-refractivity contribution in [2.24, 2.45) is 0 Å². The molecule has 2 aliphatic rings. The van der Waals surface area contributed by atoms with Crippen molar-refractivity contribution in [3.63, 3.8) is 0 Å². The Bertz CT molecular complexity index is 313. The molecule has 4 heteroatoms. The first kappa shape index (κ1) is 14.8. The Kier molecular flexibility index (Phi) is 3.92. The summed E-state index contributed by atoms with van der Waals surface area (Å²) in [7, 11) is -1.71. The van der Waals surface area contributed by atoms with Crippen LogP contribution in [0.25, 0.3) is 0 Å². The number of hydrogen-bond donors (Lipinski definition) is 0. The molecule has 2 fully saturated rings. The molecule has 1 heterocycles. The number of ether oxygens (including phenoxy) is 1. The van der Waals surface area contributed by atoms with Crippen molar-refractivity contribution in [3.05, 3.63) is 0 Å². The normalized spacial score (nSPS) is 37.7. The van der Waals surface area contributed by atoms with E-state index in [4.69, 9.17) is 20.8 Å². The molecule has 1 aliphatic carbocycles. The summed E-state index contributed by atoms with van der Waals surface area (Å²) in [6, 6.07) is 0. The van der Waals surface area contributed by atoms with Crippen LogP contribution < -0.4 is 0 Å². The Balaban J connectivity index is 2.09. The molecule has 18 heavy (non-hydrogen) atoms. The minimum absolute atomic E-state index is 0.0675. The van der Waals surface area contributed by atoms with Gasteiger partial charge in [0, 0.05) is 0 Å². The van der Waals surface area contributed by atoms with E-state index in [0.717, 1.165) is 25.7 Å². The average molecular weight is 291 g/mol. The van der Waals surface area contributed by atoms with Crippen molar-refractivity contribution in [2.45, 2.75) is 88.3 Å². The zero-order chi connectivity index (χ0) is 13.6. The highest BCUT2D eigenvalue weighted by molar-refractivity contribution is 6.74. The summed E-state index contributed by atoms with van der Waals surface area (Å²) in [6.45, 7) is 11.5. The summed E-state index contributed by atoms with van der Waals surface area (Å²) in [4.78, 5) is 0. The van der Waals surface area contributed by atoms with Crippen LogP contribution in [0.2, 0.25) is 18.1 Å². The fourth-order valence-corrected chi connectivity index (χ4v) is 4.54. The molecule has 0 amide bonds. The van der Waals surface area contributed by atoms with E-state index in [1.807, 2.05) is 0 Å². The summed E-state index contributed by atoms with van der Waals surface area (Å²) in [6.07, 6.45) is 5.77. The van der Waals surface area contributed by atoms with Crippen LogP contribution >= 0.6 is 11.6 Å². The van der Waals surface area contributed by atoms with Crippen molar-refractivity contribution in [3.8, 4) is 0 Å². The molecule has 1 aliphatic heterocycles. The highest BCUT2D eigenvalue weighted by Crippen LogP contribution is 2.48. The lowest BCUT2D eigenvalue weighted by Crippen LogP contribution is -2.50. The van der Waals surface area contributed by atoms with Gasteiger partial charge >= 0.3 is 0 Å². The second kappa shape index (κ2) is 4.76. The lowest BCUT2D eigenvalue weighted by molar-refractivity contribution is -0.0746. The first-order chi connectivity index (χ1) is 8.16. The van der Waals surface area contributed by atoms with E-state index in [-0.39, 0.29) is 22.3 Å². The van der Waals surface area contributed by atoms with Gasteiger partial charge in [0.1, 0.15) is 5.56 Å². The first-order valence-corrected chi connectivity index (χ1v) is 10.5. The van der Waals surface area contributed by atoms with Crippen LogP contribution in [0.4, 0.5) is 0 Å². The Morgan fingerprint density at radius 1 is 1.22 bits per heavy atom. The second-order valence-electron chi connectivity index (χ2n) is 7.39. The Labute approximate surface area is 118 Å². The van der Waals surface area contributed by atoms with Gasteiger partial charge in [-0.25, -0.2) is 0 Å². The van der Waals surface area contributed by atoms with Crippen LogP contribution in [-0.4, -0.2) is 25.6 Å². The Morgan fingerprint density at radius 3 is 2.39 bits per heavy atom. The van der Waals surface area contributed by atoms with Gasteiger partial charge in [0.15, 0.2) is 8.32 Å². The maximum atomic E-state index is 6.60. The maximum absolute atomic E-state index is 6.60. The molecule has 0 N–H and O–H groups in total. The third-order valence-corrected chi connectivity index (χ3v) is 9.85. The van der Waals surface area contributed by atoms with Crippen LogP contribution in [0.3, 0.4) is 0 Å². The van der Waals surface area contributed by atoms with E-state index in [2.05, 4.69) is 33.9 Å². The monoisotopic (exact) mass is 290 g/mol. The molecular weight excluding hydrogens is 264 g/mol. The lowest BCUT2D eigenvalue weighted by atomic mass is 9.96. The highest BCUT2D eigenvalue weighted by Gasteiger charge is 2.52. The largest absolute Gasteiger partial charge is 0.411 e. The molecule has 0 aromatic heterocycles. The van der Waals surface area contributed by atoms with Gasteiger partial charge in [-0.05, 0) is 50.2 Å². The predicted octanol–water partition coefficient (Wildman–Crippen LogP) is 4.67. The van der Waals surface area contributed by atoms with Crippen molar-refractivity contribution in [1.82, 2.24) is 0 Å². The van der Waals surface area contributed by atoms with Gasteiger partial charge in [-0.2, -0.15) is 0 Å². The molecule has 106 valence electrons. The zero-order valence-corrected chi connectivity index (χ0v) is 14.1. The number of alkyl halides is 1. The molecular formula is C14H27ClO2Si. The summed E-state index contributed by atoms with van der Waals surface area (Å²) in [5, 5.41) is 0.260. The fraction of sp³-hybridized carbons (Fsp3) is 1.00. The van der Waals surface area contributed by atoms with Crippen LogP contribution in [0.15, 0.2) is 0 Å². The Morgan fingerprint density at radius 2 is 1.89 bits per heavy atom. The standard InChI is InChI=1S/C14H27ClO2Si/c1-13(2,3)18(4,5)17-11-7-6-9-14(11)10-8-12(15)16-14/h11-12H,6-10H2,1-5H3/t11-,12?,14-/m0/s1. The molecule has 2 rings (SSSR count). The van der Waals surface area contributed by atoms with Gasteiger partial charge in [0.25, 0.3) is 0 Å². The van der Waals surface area contributed by atoms with Gasteiger partial charge in [0.05, 0.1) is 11.7 Å². The molecule has 0 radical (unpaired) electrons. The van der Waals surface area contributed by atoms with Gasteiger partial charge < -0.3 is 9.16 Å². The highest BCUT2D eigenvalue weighted by atomic mass is 35.5. The zero-order valence-electron chi connectivity index (χ0n) is 12.4. The molecule has 1 unspecified atom stereocenters. The van der Waals surface area contributed by atoms with Crippen molar-refractivity contribution in [1.29, 1.82) is 0 Å². The third-order valence-electron chi connectivity index (χ3n) is 5.05. The van der Waals surface area contributed by atoms with Crippen LogP contribution in [0.1, 0.15) is 52.9 Å². The van der Waals surface area contributed by atoms with Gasteiger partial charge in [-0.3, -0.25) is 0 Å². The lowest BCUT2D eigenvalue weighted by Gasteiger charge is -2.42. The molecule has 1 saturated heterocycles. The second-order valence-corrected chi connectivity index (χ2v) is 12.6. The van der Waals surface area contributed by atoms with E-state index < -0.39 is 8.32 Å². The van der Waals surface area contributed by atoms with Gasteiger partial charge in [-0.1, -0.05) is 32.4 Å². The molecule has 0 bridgehead atoms. The molecule has 1 saturated carbocycles. The number of rotatable bonds is 2. The van der Waals surface area contributed by atoms with Crippen molar-refractivity contribution in [2.75, 3.05) is 0 Å². The van der Waals surface area contributed by atoms with Crippen molar-refractivity contribution >= 4 is 19.9 Å². The summed E-state index contributed by atoms with van der Waals surface area (Å²) in [5.41, 5.74) is -0.171. The van der Waals surface area contributed by atoms with Crippen LogP contribution in [0.5, 0.6) is 0 Å². The van der Waals surface area contributed by atoms with Crippen LogP contribution in [0, 0.1) is 0 Å². The number of halogens is 1. The molecule has 3 atom stereocenters. The van der Waals surface area contributed by atoms with E-state index in [9.17, 15) is 0 Å². The van der Waals surface area contributed by atoms with E-state index in [1.54, 1.807) is 0 Å². The fourth-order valence-electron chi connectivity index (χ4n) is 2.86.